The molecule has 3 aromatic heterocycles. The van der Waals surface area contributed by atoms with E-state index < -0.39 is 10.0 Å². The normalized spacial score (nSPS) is 11.4. The van der Waals surface area contributed by atoms with Gasteiger partial charge < -0.3 is 19.7 Å². The van der Waals surface area contributed by atoms with Gasteiger partial charge in [-0.2, -0.15) is 0 Å². The molecule has 0 aliphatic rings. The first-order chi connectivity index (χ1) is 17.7. The summed E-state index contributed by atoms with van der Waals surface area (Å²) in [6, 6.07) is 20.1. The molecule has 0 aliphatic carbocycles. The monoisotopic (exact) mass is 512 g/mol. The average Bonchev–Trinajstić information content (AvgIpc) is 3.29. The minimum Gasteiger partial charge on any atom is -0.460 e. The van der Waals surface area contributed by atoms with Crippen molar-refractivity contribution in [2.75, 3.05) is 5.32 Å². The van der Waals surface area contributed by atoms with Crippen molar-refractivity contribution >= 4 is 38.5 Å². The van der Waals surface area contributed by atoms with Crippen LogP contribution >= 0.6 is 0 Å². The number of amides is 1. The number of carbonyl (C=O) groups is 1. The van der Waals surface area contributed by atoms with Gasteiger partial charge in [0.05, 0.1) is 16.0 Å². The van der Waals surface area contributed by atoms with Gasteiger partial charge in [0.15, 0.2) is 5.76 Å². The van der Waals surface area contributed by atoms with Crippen LogP contribution in [0.5, 0.6) is 0 Å². The smallest absolute Gasteiger partial charge is 0.256 e. The Morgan fingerprint density at radius 2 is 1.57 bits per heavy atom. The van der Waals surface area contributed by atoms with Gasteiger partial charge in [0.25, 0.3) is 5.91 Å². The second-order valence-corrected chi connectivity index (χ2v) is 10.1. The van der Waals surface area contributed by atoms with Gasteiger partial charge in [0, 0.05) is 17.0 Å². The lowest BCUT2D eigenvalue weighted by atomic mass is 10.1. The van der Waals surface area contributed by atoms with E-state index in [0.717, 1.165) is 5.76 Å². The number of carbonyl (C=O) groups excluding carboxylic acids is 1. The molecular formula is C27H22N5O4S-. The number of anilines is 1. The molecule has 37 heavy (non-hydrogen) atoms. The molecule has 9 nitrogen and oxygen atoms in total. The summed E-state index contributed by atoms with van der Waals surface area (Å²) in [6.45, 7) is 5.31. The SMILES string of the molecule is Cc1cc(C)nc([N-]S(=O)(=O)c2ccc(NC(=O)c3cc(-c4ccc(C)o4)nc4ccccc34)cc2)n1. The van der Waals surface area contributed by atoms with Crippen molar-refractivity contribution in [2.24, 2.45) is 0 Å². The maximum atomic E-state index is 13.3. The van der Waals surface area contributed by atoms with Gasteiger partial charge in [-0.15, -0.1) is 0 Å². The Kier molecular flexibility index (Phi) is 6.18. The Morgan fingerprint density at radius 3 is 2.24 bits per heavy atom. The Hall–Kier alpha value is -4.57. The van der Waals surface area contributed by atoms with Crippen molar-refractivity contribution in [1.82, 2.24) is 15.0 Å². The van der Waals surface area contributed by atoms with Crippen molar-refractivity contribution in [3.05, 3.63) is 100 Å². The molecule has 0 radical (unpaired) electrons. The van der Waals surface area contributed by atoms with Crippen LogP contribution in [0.4, 0.5) is 11.6 Å². The number of aryl methyl sites for hydroxylation is 3. The summed E-state index contributed by atoms with van der Waals surface area (Å²) >= 11 is 0. The number of hydrogen-bond acceptors (Lipinski definition) is 7. The first-order valence-electron chi connectivity index (χ1n) is 11.4. The molecule has 0 atom stereocenters. The van der Waals surface area contributed by atoms with Gasteiger partial charge in [0.1, 0.15) is 11.5 Å². The molecular weight excluding hydrogens is 490 g/mol. The van der Waals surface area contributed by atoms with Crippen molar-refractivity contribution in [3.8, 4) is 11.5 Å². The third-order valence-electron chi connectivity index (χ3n) is 5.54. The first-order valence-corrected chi connectivity index (χ1v) is 12.8. The molecule has 0 spiro atoms. The summed E-state index contributed by atoms with van der Waals surface area (Å²) < 4.78 is 34.9. The minimum absolute atomic E-state index is 0.0434. The number of hydrogen-bond donors (Lipinski definition) is 1. The fraction of sp³-hybridized carbons (Fsp3) is 0.111. The number of rotatable bonds is 6. The molecule has 0 saturated carbocycles. The quantitative estimate of drug-likeness (QED) is 0.302. The summed E-state index contributed by atoms with van der Waals surface area (Å²) in [6.07, 6.45) is 0. The van der Waals surface area contributed by atoms with Crippen LogP contribution in [-0.2, 0) is 10.0 Å². The maximum Gasteiger partial charge on any atom is 0.256 e. The van der Waals surface area contributed by atoms with Crippen LogP contribution in [0, 0.1) is 20.8 Å². The van der Waals surface area contributed by atoms with E-state index in [4.69, 9.17) is 4.42 Å². The molecule has 0 bridgehead atoms. The predicted molar refractivity (Wildman–Crippen MR) is 140 cm³/mol. The molecule has 2 aromatic carbocycles. The number of pyridine rings is 1. The van der Waals surface area contributed by atoms with E-state index in [9.17, 15) is 13.2 Å². The van der Waals surface area contributed by atoms with Crippen molar-refractivity contribution in [1.29, 1.82) is 0 Å². The number of fused-ring (bicyclic) bond motifs is 1. The highest BCUT2D eigenvalue weighted by atomic mass is 32.2. The molecule has 0 unspecified atom stereocenters. The van der Waals surface area contributed by atoms with Crippen LogP contribution in [0.15, 0.2) is 82.1 Å². The topological polar surface area (TPSA) is 129 Å². The molecule has 186 valence electrons. The number of sulfonamides is 1. The molecule has 10 heteroatoms. The Balaban J connectivity index is 1.40. The van der Waals surface area contributed by atoms with E-state index in [-0.39, 0.29) is 16.8 Å². The fourth-order valence-corrected chi connectivity index (χ4v) is 4.76. The number of nitrogens with zero attached hydrogens (tertiary/aromatic N) is 4. The van der Waals surface area contributed by atoms with Crippen LogP contribution in [0.3, 0.4) is 0 Å². The molecule has 3 heterocycles. The molecule has 5 aromatic rings. The van der Waals surface area contributed by atoms with Gasteiger partial charge in [-0.25, -0.2) is 13.4 Å². The summed E-state index contributed by atoms with van der Waals surface area (Å²) in [5, 5.41) is 3.51. The van der Waals surface area contributed by atoms with Gasteiger partial charge in [0.2, 0.25) is 10.0 Å². The van der Waals surface area contributed by atoms with E-state index in [1.165, 1.54) is 24.3 Å². The van der Waals surface area contributed by atoms with Crippen molar-refractivity contribution in [2.45, 2.75) is 25.7 Å². The Morgan fingerprint density at radius 1 is 0.865 bits per heavy atom. The van der Waals surface area contributed by atoms with Gasteiger partial charge in [-0.1, -0.05) is 24.3 Å². The second kappa shape index (κ2) is 9.47. The summed E-state index contributed by atoms with van der Waals surface area (Å²) in [4.78, 5) is 26.0. The fourth-order valence-electron chi connectivity index (χ4n) is 3.88. The first kappa shape index (κ1) is 24.1. The van der Waals surface area contributed by atoms with Crippen LogP contribution < -0.4 is 5.32 Å². The maximum absolute atomic E-state index is 13.3. The van der Waals surface area contributed by atoms with Crippen LogP contribution in [0.1, 0.15) is 27.5 Å². The molecule has 5 rings (SSSR count). The number of nitrogens with one attached hydrogen (secondary N) is 1. The van der Waals surface area contributed by atoms with Crippen molar-refractivity contribution in [3.63, 3.8) is 0 Å². The van der Waals surface area contributed by atoms with E-state index in [0.29, 0.717) is 45.0 Å². The third-order valence-corrected chi connectivity index (χ3v) is 6.81. The molecule has 0 fully saturated rings. The Bertz CT molecular complexity index is 1720. The van der Waals surface area contributed by atoms with Gasteiger partial charge in [-0.3, -0.25) is 9.52 Å². The minimum atomic E-state index is -4.04. The van der Waals surface area contributed by atoms with E-state index >= 15 is 0 Å². The predicted octanol–water partition coefficient (Wildman–Crippen LogP) is 5.86. The van der Waals surface area contributed by atoms with Crippen LogP contribution in [-0.4, -0.2) is 29.3 Å². The summed E-state index contributed by atoms with van der Waals surface area (Å²) in [7, 11) is -4.04. The zero-order valence-electron chi connectivity index (χ0n) is 20.3. The lowest BCUT2D eigenvalue weighted by molar-refractivity contribution is 0.102. The number of para-hydroxylation sites is 1. The average molecular weight is 513 g/mol. The van der Waals surface area contributed by atoms with E-state index in [2.05, 4.69) is 25.0 Å². The largest absolute Gasteiger partial charge is 0.460 e. The zero-order chi connectivity index (χ0) is 26.2. The second-order valence-electron chi connectivity index (χ2n) is 8.48. The molecule has 1 amide bonds. The standard InChI is InChI=1S/C27H23N5O4S/c1-16-14-17(2)29-27(28-16)32-37(34,35)20-11-9-19(10-12-20)30-26(33)22-15-24(25-13-8-18(3)36-25)31-23-7-5-4-6-21(22)23/h4-15H,1-3H3,(H2,28,29,30,32,33)/p-1. The van der Waals surface area contributed by atoms with Crippen LogP contribution in [0.2, 0.25) is 0 Å². The lowest BCUT2D eigenvalue weighted by Crippen LogP contribution is -2.13. The molecule has 0 saturated heterocycles. The zero-order valence-corrected chi connectivity index (χ0v) is 21.1. The van der Waals surface area contributed by atoms with Gasteiger partial charge >= 0.3 is 0 Å². The number of benzene rings is 2. The number of furan rings is 1. The molecule has 1 N–H and O–H groups in total. The summed E-state index contributed by atoms with van der Waals surface area (Å²) in [5.41, 5.74) is 3.25. The van der Waals surface area contributed by atoms with Crippen molar-refractivity contribution < 1.29 is 17.6 Å². The van der Waals surface area contributed by atoms with E-state index in [1.54, 1.807) is 32.0 Å². The lowest BCUT2D eigenvalue weighted by Gasteiger charge is -2.15. The van der Waals surface area contributed by atoms with Gasteiger partial charge in [-0.05, 0) is 80.7 Å². The highest BCUT2D eigenvalue weighted by Gasteiger charge is 2.17. The molecule has 0 aliphatic heterocycles. The third kappa shape index (κ3) is 5.19. The highest BCUT2D eigenvalue weighted by molar-refractivity contribution is 7.94. The summed E-state index contributed by atoms with van der Waals surface area (Å²) in [5.74, 6) is 0.805. The van der Waals surface area contributed by atoms with E-state index in [1.807, 2.05) is 37.3 Å². The van der Waals surface area contributed by atoms with Crippen LogP contribution in [0.25, 0.3) is 27.1 Å². The highest BCUT2D eigenvalue weighted by Crippen LogP contribution is 2.28. The number of aromatic nitrogens is 3. The Labute approximate surface area is 213 Å².